The SMILES string of the molecule is CC(C)C(C)CCC(C)C1CC=C2C3=C(CCC21C)C1(C)CCC(O)C(C)C1CC3. The molecule has 0 aromatic rings. The predicted octanol–water partition coefficient (Wildman–Crippen LogP) is 7.94. The Balaban J connectivity index is 1.55. The van der Waals surface area contributed by atoms with Gasteiger partial charge in [0.25, 0.3) is 0 Å². The van der Waals surface area contributed by atoms with E-state index in [4.69, 9.17) is 0 Å². The van der Waals surface area contributed by atoms with E-state index >= 15 is 0 Å². The lowest BCUT2D eigenvalue weighted by Crippen LogP contribution is -2.48. The lowest BCUT2D eigenvalue weighted by Gasteiger charge is -2.55. The second-order valence-corrected chi connectivity index (χ2v) is 12.6. The Morgan fingerprint density at radius 3 is 2.43 bits per heavy atom. The molecular weight excluding hydrogens is 364 g/mol. The summed E-state index contributed by atoms with van der Waals surface area (Å²) >= 11 is 0. The van der Waals surface area contributed by atoms with Gasteiger partial charge in [-0.05, 0) is 102 Å². The Bertz CT molecular complexity index is 714. The lowest BCUT2D eigenvalue weighted by atomic mass is 9.49. The monoisotopic (exact) mass is 412 g/mol. The minimum absolute atomic E-state index is 0.0803. The van der Waals surface area contributed by atoms with E-state index in [1.54, 1.807) is 11.1 Å². The quantitative estimate of drug-likeness (QED) is 0.486. The van der Waals surface area contributed by atoms with E-state index in [9.17, 15) is 5.11 Å². The molecule has 1 saturated carbocycles. The van der Waals surface area contributed by atoms with Crippen LogP contribution in [0.1, 0.15) is 106 Å². The van der Waals surface area contributed by atoms with E-state index in [-0.39, 0.29) is 6.10 Å². The summed E-state index contributed by atoms with van der Waals surface area (Å²) in [6.45, 7) is 17.2. The summed E-state index contributed by atoms with van der Waals surface area (Å²) in [6, 6.07) is 0. The van der Waals surface area contributed by atoms with Gasteiger partial charge in [0, 0.05) is 0 Å². The summed E-state index contributed by atoms with van der Waals surface area (Å²) in [4.78, 5) is 0. The molecule has 1 nitrogen and oxygen atoms in total. The van der Waals surface area contributed by atoms with E-state index in [2.05, 4.69) is 54.5 Å². The van der Waals surface area contributed by atoms with Crippen molar-refractivity contribution in [2.45, 2.75) is 112 Å². The van der Waals surface area contributed by atoms with Gasteiger partial charge in [0.05, 0.1) is 6.10 Å². The van der Waals surface area contributed by atoms with Crippen LogP contribution >= 0.6 is 0 Å². The van der Waals surface area contributed by atoms with Crippen molar-refractivity contribution < 1.29 is 5.11 Å². The van der Waals surface area contributed by atoms with Gasteiger partial charge in [-0.3, -0.25) is 0 Å². The van der Waals surface area contributed by atoms with Crippen molar-refractivity contribution in [1.82, 2.24) is 0 Å². The summed E-state index contributed by atoms with van der Waals surface area (Å²) < 4.78 is 0. The highest BCUT2D eigenvalue weighted by Crippen LogP contribution is 2.64. The zero-order chi connectivity index (χ0) is 21.8. The Hall–Kier alpha value is -0.560. The van der Waals surface area contributed by atoms with Crippen LogP contribution in [-0.4, -0.2) is 11.2 Å². The van der Waals surface area contributed by atoms with Crippen molar-refractivity contribution in [2.24, 2.45) is 46.3 Å². The molecule has 170 valence electrons. The van der Waals surface area contributed by atoms with Crippen molar-refractivity contribution in [1.29, 1.82) is 0 Å². The fourth-order valence-electron chi connectivity index (χ4n) is 8.26. The highest BCUT2D eigenvalue weighted by atomic mass is 16.3. The van der Waals surface area contributed by atoms with Gasteiger partial charge in [-0.15, -0.1) is 0 Å². The number of fused-ring (bicyclic) bond motifs is 4. The molecule has 0 aromatic carbocycles. The summed E-state index contributed by atoms with van der Waals surface area (Å²) in [6.07, 6.45) is 14.1. The first-order chi connectivity index (χ1) is 14.1. The highest BCUT2D eigenvalue weighted by molar-refractivity contribution is 5.49. The first-order valence-electron chi connectivity index (χ1n) is 13.2. The number of aliphatic hydroxyl groups excluding tert-OH is 1. The van der Waals surface area contributed by atoms with Gasteiger partial charge in [-0.2, -0.15) is 0 Å². The van der Waals surface area contributed by atoms with Crippen LogP contribution in [0.3, 0.4) is 0 Å². The minimum atomic E-state index is -0.0803. The normalized spacial score (nSPS) is 43.0. The molecular formula is C29H48O. The van der Waals surface area contributed by atoms with Gasteiger partial charge in [0.2, 0.25) is 0 Å². The molecule has 8 atom stereocenters. The zero-order valence-corrected chi connectivity index (χ0v) is 20.9. The number of aliphatic hydroxyl groups is 1. The van der Waals surface area contributed by atoms with Crippen LogP contribution in [0, 0.1) is 46.3 Å². The molecule has 0 saturated heterocycles. The molecule has 0 heterocycles. The number of hydrogen-bond acceptors (Lipinski definition) is 1. The van der Waals surface area contributed by atoms with Crippen LogP contribution in [0.25, 0.3) is 0 Å². The Morgan fingerprint density at radius 1 is 1.00 bits per heavy atom. The van der Waals surface area contributed by atoms with E-state index in [1.165, 1.54) is 51.4 Å². The standard InChI is InChI=1S/C29H48O/c1-18(2)19(3)8-9-20(4)23-12-13-25-22-10-11-24-21(5)27(30)15-17-29(24,7)26(22)14-16-28(23,25)6/h13,18-21,23-24,27,30H,8-12,14-17H2,1-7H3. The van der Waals surface area contributed by atoms with Gasteiger partial charge in [0.1, 0.15) is 0 Å². The summed E-state index contributed by atoms with van der Waals surface area (Å²) in [5.41, 5.74) is 6.09. The van der Waals surface area contributed by atoms with E-state index in [0.29, 0.717) is 22.7 Å². The van der Waals surface area contributed by atoms with Crippen molar-refractivity contribution >= 4 is 0 Å². The molecule has 0 spiro atoms. The van der Waals surface area contributed by atoms with E-state index < -0.39 is 0 Å². The molecule has 4 aliphatic rings. The predicted molar refractivity (Wildman–Crippen MR) is 128 cm³/mol. The Morgan fingerprint density at radius 2 is 1.73 bits per heavy atom. The molecule has 0 aliphatic heterocycles. The lowest BCUT2D eigenvalue weighted by molar-refractivity contribution is -0.0287. The maximum absolute atomic E-state index is 10.5. The molecule has 0 radical (unpaired) electrons. The van der Waals surface area contributed by atoms with E-state index in [0.717, 1.165) is 30.1 Å². The molecule has 0 aromatic heterocycles. The van der Waals surface area contributed by atoms with Crippen molar-refractivity contribution in [2.75, 3.05) is 0 Å². The molecule has 1 heteroatoms. The topological polar surface area (TPSA) is 20.2 Å². The second-order valence-electron chi connectivity index (χ2n) is 12.6. The van der Waals surface area contributed by atoms with Crippen LogP contribution in [0.15, 0.2) is 22.8 Å². The fourth-order valence-corrected chi connectivity index (χ4v) is 8.26. The molecule has 0 amide bonds. The number of allylic oxidation sites excluding steroid dienone is 4. The summed E-state index contributed by atoms with van der Waals surface area (Å²) in [5, 5.41) is 10.5. The molecule has 0 bridgehead atoms. The first kappa shape index (κ1) is 22.6. The van der Waals surface area contributed by atoms with Crippen LogP contribution < -0.4 is 0 Å². The fraction of sp³-hybridized carbons (Fsp3) is 0.862. The van der Waals surface area contributed by atoms with Gasteiger partial charge in [0.15, 0.2) is 0 Å². The first-order valence-corrected chi connectivity index (χ1v) is 13.2. The van der Waals surface area contributed by atoms with Gasteiger partial charge >= 0.3 is 0 Å². The molecule has 4 rings (SSSR count). The van der Waals surface area contributed by atoms with Crippen LogP contribution in [0.2, 0.25) is 0 Å². The highest BCUT2D eigenvalue weighted by Gasteiger charge is 2.54. The third-order valence-electron chi connectivity index (χ3n) is 10.9. The van der Waals surface area contributed by atoms with Crippen molar-refractivity contribution in [3.05, 3.63) is 22.8 Å². The number of rotatable bonds is 5. The molecule has 8 unspecified atom stereocenters. The Kier molecular flexibility index (Phi) is 6.10. The zero-order valence-electron chi connectivity index (χ0n) is 20.9. The average molecular weight is 413 g/mol. The largest absolute Gasteiger partial charge is 0.393 e. The van der Waals surface area contributed by atoms with Crippen LogP contribution in [0.4, 0.5) is 0 Å². The third kappa shape index (κ3) is 3.46. The maximum Gasteiger partial charge on any atom is 0.0569 e. The van der Waals surface area contributed by atoms with Crippen molar-refractivity contribution in [3.63, 3.8) is 0 Å². The summed E-state index contributed by atoms with van der Waals surface area (Å²) in [5.74, 6) is 4.44. The average Bonchev–Trinajstić information content (AvgIpc) is 3.06. The molecule has 30 heavy (non-hydrogen) atoms. The van der Waals surface area contributed by atoms with Gasteiger partial charge in [-0.1, -0.05) is 73.0 Å². The van der Waals surface area contributed by atoms with Crippen LogP contribution in [0.5, 0.6) is 0 Å². The third-order valence-corrected chi connectivity index (χ3v) is 10.9. The van der Waals surface area contributed by atoms with E-state index in [1.807, 2.05) is 5.57 Å². The van der Waals surface area contributed by atoms with Gasteiger partial charge in [-0.25, -0.2) is 0 Å². The molecule has 1 N–H and O–H groups in total. The Labute approximate surface area is 186 Å². The maximum atomic E-state index is 10.5. The smallest absolute Gasteiger partial charge is 0.0569 e. The molecule has 4 aliphatic carbocycles. The van der Waals surface area contributed by atoms with Crippen LogP contribution in [-0.2, 0) is 0 Å². The minimum Gasteiger partial charge on any atom is -0.393 e. The molecule has 1 fully saturated rings. The second kappa shape index (κ2) is 8.09. The van der Waals surface area contributed by atoms with Gasteiger partial charge < -0.3 is 5.11 Å². The summed E-state index contributed by atoms with van der Waals surface area (Å²) in [7, 11) is 0. The number of hydrogen-bond donors (Lipinski definition) is 1. The van der Waals surface area contributed by atoms with Crippen molar-refractivity contribution in [3.8, 4) is 0 Å².